The lowest BCUT2D eigenvalue weighted by molar-refractivity contribution is -0.385. The molecule has 2 bridgehead atoms. The SMILES string of the molecule is CCCCCCCCCCCC(=O)O[C@@]12C[C@@H](C)[C@]34C=C(C)[C@H](OC(=O)c5ccc([N+](=O)[O-])cc5)[C@@]3(O)[C@H](O)C(COC(=O)c3ccc([N+](=O)[O-])cc3)=C[C@H](C4=O)[C@@H]1C2(C)C. The number of rotatable bonds is 18. The highest BCUT2D eigenvalue weighted by atomic mass is 16.6. The van der Waals surface area contributed by atoms with Crippen LogP contribution < -0.4 is 0 Å². The van der Waals surface area contributed by atoms with Gasteiger partial charge in [0.15, 0.2) is 17.5 Å². The molecule has 61 heavy (non-hydrogen) atoms. The van der Waals surface area contributed by atoms with Gasteiger partial charge in [-0.15, -0.1) is 0 Å². The quantitative estimate of drug-likeness (QED) is 0.0364. The molecule has 6 rings (SSSR count). The van der Waals surface area contributed by atoms with Crippen molar-refractivity contribution in [1.82, 2.24) is 0 Å². The van der Waals surface area contributed by atoms with Crippen molar-refractivity contribution in [1.29, 1.82) is 0 Å². The monoisotopic (exact) mass is 844 g/mol. The number of hydrogen-bond donors (Lipinski definition) is 2. The van der Waals surface area contributed by atoms with Crippen molar-refractivity contribution in [3.8, 4) is 0 Å². The van der Waals surface area contributed by atoms with Gasteiger partial charge < -0.3 is 24.4 Å². The van der Waals surface area contributed by atoms with E-state index < -0.39 is 92.1 Å². The number of esters is 3. The second kappa shape index (κ2) is 17.6. The molecule has 8 atom stereocenters. The number of hydrogen-bond acceptors (Lipinski definition) is 13. The van der Waals surface area contributed by atoms with E-state index in [1.165, 1.54) is 56.0 Å². The number of benzene rings is 2. The Bertz CT molecular complexity index is 2110. The van der Waals surface area contributed by atoms with E-state index in [2.05, 4.69) is 6.92 Å². The van der Waals surface area contributed by atoms with E-state index in [-0.39, 0.29) is 46.5 Å². The second-order valence-corrected chi connectivity index (χ2v) is 17.8. The van der Waals surface area contributed by atoms with Gasteiger partial charge in [0.2, 0.25) is 0 Å². The fraction of sp³-hybridized carbons (Fsp3) is 0.565. The van der Waals surface area contributed by atoms with Crippen LogP contribution in [0.3, 0.4) is 0 Å². The molecule has 2 aromatic carbocycles. The predicted octanol–water partition coefficient (Wildman–Crippen LogP) is 7.95. The Labute approximate surface area is 354 Å². The van der Waals surface area contributed by atoms with Crippen LogP contribution in [-0.2, 0) is 23.8 Å². The maximum atomic E-state index is 15.4. The number of allylic oxidation sites excluding steroid dienone is 1. The van der Waals surface area contributed by atoms with Crippen LogP contribution in [0.15, 0.2) is 71.8 Å². The summed E-state index contributed by atoms with van der Waals surface area (Å²) in [5, 5.41) is 48.1. The number of aliphatic hydroxyl groups excluding tert-OH is 1. The van der Waals surface area contributed by atoms with Crippen molar-refractivity contribution >= 4 is 35.1 Å². The van der Waals surface area contributed by atoms with Gasteiger partial charge in [0.1, 0.15) is 18.3 Å². The van der Waals surface area contributed by atoms with Gasteiger partial charge in [-0.2, -0.15) is 0 Å². The highest BCUT2D eigenvalue weighted by Crippen LogP contribution is 2.75. The van der Waals surface area contributed by atoms with Crippen LogP contribution in [0.5, 0.6) is 0 Å². The third-order valence-corrected chi connectivity index (χ3v) is 13.8. The molecule has 0 heterocycles. The predicted molar refractivity (Wildman–Crippen MR) is 221 cm³/mol. The topological polar surface area (TPSA) is 223 Å². The van der Waals surface area contributed by atoms with Crippen LogP contribution in [0.2, 0.25) is 0 Å². The Morgan fingerprint density at radius 3 is 1.90 bits per heavy atom. The highest BCUT2D eigenvalue weighted by Gasteiger charge is 2.83. The molecular formula is C46H56N2O13. The molecule has 1 spiro atoms. The first-order chi connectivity index (χ1) is 28.9. The molecule has 4 aliphatic rings. The number of ketones is 1. The number of Topliss-reactive ketones (excluding diaryl/α,β-unsaturated/α-hetero) is 1. The number of unbranched alkanes of at least 4 members (excludes halogenated alkanes) is 8. The molecule has 328 valence electrons. The van der Waals surface area contributed by atoms with Crippen molar-refractivity contribution in [2.75, 3.05) is 6.61 Å². The van der Waals surface area contributed by atoms with Crippen LogP contribution in [0, 0.1) is 48.8 Å². The summed E-state index contributed by atoms with van der Waals surface area (Å²) in [5.74, 6) is -5.24. The number of nitro benzene ring substituents is 2. The van der Waals surface area contributed by atoms with E-state index in [1.54, 1.807) is 19.9 Å². The zero-order chi connectivity index (χ0) is 44.5. The summed E-state index contributed by atoms with van der Waals surface area (Å²) >= 11 is 0. The third kappa shape index (κ3) is 8.02. The van der Waals surface area contributed by atoms with Gasteiger partial charge in [-0.05, 0) is 61.1 Å². The minimum Gasteiger partial charge on any atom is -0.458 e. The number of non-ortho nitro benzene ring substituents is 2. The number of carbonyl (C=O) groups excluding carboxylic acids is 4. The van der Waals surface area contributed by atoms with Crippen molar-refractivity contribution < 1.29 is 53.4 Å². The molecule has 2 aromatic rings. The van der Waals surface area contributed by atoms with Crippen molar-refractivity contribution in [2.24, 2.45) is 28.6 Å². The minimum atomic E-state index is -2.58. The zero-order valence-electron chi connectivity index (χ0n) is 35.4. The molecule has 0 radical (unpaired) electrons. The first-order valence-corrected chi connectivity index (χ1v) is 21.3. The molecule has 0 aromatic heterocycles. The van der Waals surface area contributed by atoms with E-state index in [1.807, 2.05) is 13.8 Å². The van der Waals surface area contributed by atoms with E-state index in [0.717, 1.165) is 49.9 Å². The minimum absolute atomic E-state index is 0.0285. The average molecular weight is 845 g/mol. The molecule has 0 saturated heterocycles. The van der Waals surface area contributed by atoms with Gasteiger partial charge in [-0.3, -0.25) is 29.8 Å². The molecule has 2 fully saturated rings. The van der Waals surface area contributed by atoms with Crippen LogP contribution in [0.25, 0.3) is 0 Å². The first kappa shape index (κ1) is 45.3. The lowest BCUT2D eigenvalue weighted by Crippen LogP contribution is -2.66. The van der Waals surface area contributed by atoms with Gasteiger partial charge in [-0.1, -0.05) is 91.2 Å². The van der Waals surface area contributed by atoms with Crippen LogP contribution in [-0.4, -0.2) is 73.8 Å². The van der Waals surface area contributed by atoms with E-state index in [9.17, 15) is 44.8 Å². The van der Waals surface area contributed by atoms with Crippen molar-refractivity contribution in [3.63, 3.8) is 0 Å². The summed E-state index contributed by atoms with van der Waals surface area (Å²) in [6.45, 7) is 8.69. The van der Waals surface area contributed by atoms with Crippen molar-refractivity contribution in [2.45, 2.75) is 129 Å². The Kier molecular flexibility index (Phi) is 13.1. The molecule has 0 aliphatic heterocycles. The fourth-order valence-corrected chi connectivity index (χ4v) is 10.6. The molecular weight excluding hydrogens is 789 g/mol. The molecule has 4 aliphatic carbocycles. The van der Waals surface area contributed by atoms with Crippen LogP contribution >= 0.6 is 0 Å². The molecule has 0 amide bonds. The molecule has 2 N–H and O–H groups in total. The van der Waals surface area contributed by atoms with Crippen LogP contribution in [0.1, 0.15) is 126 Å². The normalized spacial score (nSPS) is 29.4. The number of fused-ring (bicyclic) bond motifs is 3. The lowest BCUT2D eigenvalue weighted by atomic mass is 9.59. The molecule has 15 nitrogen and oxygen atoms in total. The van der Waals surface area contributed by atoms with E-state index in [0.29, 0.717) is 6.42 Å². The van der Waals surface area contributed by atoms with E-state index in [4.69, 9.17) is 14.2 Å². The standard InChI is InChI=1S/C46H56N2O13/c1-6-7-8-9-10-11-12-13-14-15-36(49)61-45-26-29(3)44-25-28(2)40(60-42(53)31-18-22-34(23-19-31)48(57)58)46(44,54)38(50)32(24-35(39(44)51)37(45)43(45,4)5)27-59-41(52)30-16-20-33(21-17-30)47(55)56/h16-25,29,35,37-38,40,50,54H,6-15,26-27H2,1-5H3/t29-,35+,37-,38-,40+,44+,45+,46+/m1/s1. The van der Waals surface area contributed by atoms with Crippen molar-refractivity contribution in [3.05, 3.63) is 103 Å². The molecule has 2 saturated carbocycles. The van der Waals surface area contributed by atoms with Gasteiger partial charge in [-0.25, -0.2) is 9.59 Å². The molecule has 15 heteroatoms. The largest absolute Gasteiger partial charge is 0.458 e. The Balaban J connectivity index is 1.32. The summed E-state index contributed by atoms with van der Waals surface area (Å²) in [6.07, 6.45) is 9.43. The highest BCUT2D eigenvalue weighted by molar-refractivity contribution is 5.97. The zero-order valence-corrected chi connectivity index (χ0v) is 35.4. The number of nitro groups is 2. The fourth-order valence-electron chi connectivity index (χ4n) is 10.6. The number of ether oxygens (including phenoxy) is 3. The van der Waals surface area contributed by atoms with Gasteiger partial charge >= 0.3 is 17.9 Å². The van der Waals surface area contributed by atoms with Crippen LogP contribution in [0.4, 0.5) is 11.4 Å². The number of aliphatic hydroxyl groups is 2. The third-order valence-electron chi connectivity index (χ3n) is 13.8. The number of nitrogens with zero attached hydrogens (tertiary/aromatic N) is 2. The first-order valence-electron chi connectivity index (χ1n) is 21.3. The Hall–Kier alpha value is -5.28. The summed E-state index contributed by atoms with van der Waals surface area (Å²) in [6, 6.07) is 9.33. The number of carbonyl (C=O) groups is 4. The summed E-state index contributed by atoms with van der Waals surface area (Å²) in [5.41, 5.74) is -6.80. The smallest absolute Gasteiger partial charge is 0.338 e. The lowest BCUT2D eigenvalue weighted by Gasteiger charge is -2.49. The maximum absolute atomic E-state index is 15.4. The van der Waals surface area contributed by atoms with E-state index >= 15 is 4.79 Å². The Morgan fingerprint density at radius 2 is 1.36 bits per heavy atom. The maximum Gasteiger partial charge on any atom is 0.338 e. The summed E-state index contributed by atoms with van der Waals surface area (Å²) in [7, 11) is 0. The summed E-state index contributed by atoms with van der Waals surface area (Å²) < 4.78 is 18.1. The van der Waals surface area contributed by atoms with Gasteiger partial charge in [0.05, 0.1) is 26.4 Å². The Morgan fingerprint density at radius 1 is 0.836 bits per heavy atom. The van der Waals surface area contributed by atoms with Gasteiger partial charge in [0.25, 0.3) is 11.4 Å². The van der Waals surface area contributed by atoms with Gasteiger partial charge in [0, 0.05) is 47.9 Å². The summed E-state index contributed by atoms with van der Waals surface area (Å²) in [4.78, 5) is 77.3. The molecule has 0 unspecified atom stereocenters. The average Bonchev–Trinajstić information content (AvgIpc) is 3.63. The second-order valence-electron chi connectivity index (χ2n) is 17.8.